The minimum atomic E-state index is 0.494. The molecule has 0 saturated carbocycles. The highest BCUT2D eigenvalue weighted by Gasteiger charge is 1.97. The van der Waals surface area contributed by atoms with Gasteiger partial charge in [-0.1, -0.05) is 29.3 Å². The molecular weight excluding hydrogens is 257 g/mol. The zero-order chi connectivity index (χ0) is 12.1. The van der Waals surface area contributed by atoms with Gasteiger partial charge in [0.05, 0.1) is 21.9 Å². The summed E-state index contributed by atoms with van der Waals surface area (Å²) in [7, 11) is 0. The van der Waals surface area contributed by atoms with Crippen LogP contribution in [0.2, 0.25) is 10.0 Å². The van der Waals surface area contributed by atoms with Crippen LogP contribution in [0.15, 0.2) is 47.8 Å². The van der Waals surface area contributed by atoms with Crippen LogP contribution in [-0.2, 0) is 0 Å². The minimum absolute atomic E-state index is 0.494. The van der Waals surface area contributed by atoms with Gasteiger partial charge >= 0.3 is 0 Å². The van der Waals surface area contributed by atoms with Crippen molar-refractivity contribution in [1.82, 2.24) is 4.98 Å². The van der Waals surface area contributed by atoms with Crippen molar-refractivity contribution in [1.29, 1.82) is 0 Å². The van der Waals surface area contributed by atoms with Gasteiger partial charge in [-0.25, -0.2) is 0 Å². The summed E-state index contributed by atoms with van der Waals surface area (Å²) in [6, 6.07) is 8.98. The summed E-state index contributed by atoms with van der Waals surface area (Å²) in [6.45, 7) is 0. The Balaban J connectivity index is 2.03. The molecule has 1 aromatic carbocycles. The Hall–Kier alpha value is -1.58. The Kier molecular flexibility index (Phi) is 3.96. The number of hydrogen-bond donors (Lipinski definition) is 1. The Labute approximate surface area is 109 Å². The predicted molar refractivity (Wildman–Crippen MR) is 71.9 cm³/mol. The molecule has 0 saturated heterocycles. The third-order valence-corrected chi connectivity index (χ3v) is 2.75. The van der Waals surface area contributed by atoms with Crippen molar-refractivity contribution in [2.45, 2.75) is 0 Å². The first-order valence-corrected chi connectivity index (χ1v) is 5.65. The molecule has 0 unspecified atom stereocenters. The van der Waals surface area contributed by atoms with E-state index in [1.54, 1.807) is 36.8 Å². The topological polar surface area (TPSA) is 37.3 Å². The number of nitrogens with zero attached hydrogens (tertiary/aromatic N) is 2. The molecule has 2 rings (SSSR count). The smallest absolute Gasteiger partial charge is 0.0613 e. The van der Waals surface area contributed by atoms with Gasteiger partial charge in [0.25, 0.3) is 0 Å². The number of nitrogens with one attached hydrogen (secondary N) is 1. The monoisotopic (exact) mass is 265 g/mol. The summed E-state index contributed by atoms with van der Waals surface area (Å²) in [6.07, 6.45) is 5.11. The normalized spacial score (nSPS) is 10.7. The number of rotatable bonds is 3. The molecule has 0 aliphatic carbocycles. The van der Waals surface area contributed by atoms with E-state index in [9.17, 15) is 0 Å². The number of benzene rings is 1. The van der Waals surface area contributed by atoms with Crippen LogP contribution in [0.4, 0.5) is 5.69 Å². The van der Waals surface area contributed by atoms with Crippen LogP contribution >= 0.6 is 23.2 Å². The predicted octanol–water partition coefficient (Wildman–Crippen LogP) is 3.83. The lowest BCUT2D eigenvalue weighted by atomic mass is 10.3. The largest absolute Gasteiger partial charge is 0.278 e. The molecule has 5 heteroatoms. The standard InChI is InChI=1S/C12H9Cl2N3/c13-11-4-3-10(6-12(11)14)17-16-8-9-2-1-5-15-7-9/h1-8,17H. The number of hydrazone groups is 1. The second-order valence-corrected chi connectivity index (χ2v) is 4.10. The second kappa shape index (κ2) is 5.66. The van der Waals surface area contributed by atoms with Crippen LogP contribution in [0, 0.1) is 0 Å². The van der Waals surface area contributed by atoms with Gasteiger partial charge in [-0.15, -0.1) is 0 Å². The van der Waals surface area contributed by atoms with Crippen LogP contribution in [-0.4, -0.2) is 11.2 Å². The molecule has 1 N–H and O–H groups in total. The number of hydrogen-bond acceptors (Lipinski definition) is 3. The molecule has 0 bridgehead atoms. The molecule has 1 heterocycles. The number of aromatic nitrogens is 1. The van der Waals surface area contributed by atoms with E-state index in [2.05, 4.69) is 15.5 Å². The van der Waals surface area contributed by atoms with Crippen LogP contribution in [0.3, 0.4) is 0 Å². The van der Waals surface area contributed by atoms with E-state index >= 15 is 0 Å². The van der Waals surface area contributed by atoms with Gasteiger partial charge in [0.15, 0.2) is 0 Å². The molecule has 0 amide bonds. The van der Waals surface area contributed by atoms with Crippen molar-refractivity contribution in [3.05, 3.63) is 58.3 Å². The fourth-order valence-corrected chi connectivity index (χ4v) is 1.50. The van der Waals surface area contributed by atoms with Gasteiger partial charge in [-0.3, -0.25) is 10.4 Å². The molecular formula is C12H9Cl2N3. The lowest BCUT2D eigenvalue weighted by Crippen LogP contribution is -1.90. The first-order chi connectivity index (χ1) is 8.25. The Morgan fingerprint density at radius 2 is 2.06 bits per heavy atom. The highest BCUT2D eigenvalue weighted by Crippen LogP contribution is 2.24. The summed E-state index contributed by atoms with van der Waals surface area (Å²) in [5.74, 6) is 0. The minimum Gasteiger partial charge on any atom is -0.278 e. The summed E-state index contributed by atoms with van der Waals surface area (Å²) in [4.78, 5) is 3.98. The summed E-state index contributed by atoms with van der Waals surface area (Å²) in [5.41, 5.74) is 4.55. The van der Waals surface area contributed by atoms with Gasteiger partial charge in [-0.2, -0.15) is 5.10 Å². The van der Waals surface area contributed by atoms with E-state index in [1.165, 1.54) is 0 Å². The maximum absolute atomic E-state index is 5.88. The van der Waals surface area contributed by atoms with Crippen LogP contribution < -0.4 is 5.43 Å². The fourth-order valence-electron chi connectivity index (χ4n) is 1.20. The summed E-state index contributed by atoms with van der Waals surface area (Å²) < 4.78 is 0. The third kappa shape index (κ3) is 3.44. The molecule has 0 atom stereocenters. The third-order valence-electron chi connectivity index (χ3n) is 2.01. The molecule has 0 aliphatic rings. The van der Waals surface area contributed by atoms with Crippen LogP contribution in [0.25, 0.3) is 0 Å². The van der Waals surface area contributed by atoms with Crippen molar-refractivity contribution in [3.8, 4) is 0 Å². The second-order valence-electron chi connectivity index (χ2n) is 3.29. The SMILES string of the molecule is Clc1ccc(NN=Cc2cccnc2)cc1Cl. The number of anilines is 1. The molecule has 3 nitrogen and oxygen atoms in total. The average molecular weight is 266 g/mol. The van der Waals surface area contributed by atoms with E-state index in [-0.39, 0.29) is 0 Å². The Morgan fingerprint density at radius 3 is 2.76 bits per heavy atom. The van der Waals surface area contributed by atoms with E-state index in [0.29, 0.717) is 10.0 Å². The molecule has 86 valence electrons. The maximum Gasteiger partial charge on any atom is 0.0613 e. The molecule has 0 spiro atoms. The maximum atomic E-state index is 5.88. The summed E-state index contributed by atoms with van der Waals surface area (Å²) >= 11 is 11.7. The molecule has 2 aromatic rings. The van der Waals surface area contributed by atoms with Crippen molar-refractivity contribution in [2.24, 2.45) is 5.10 Å². The van der Waals surface area contributed by atoms with Crippen molar-refractivity contribution in [2.75, 3.05) is 5.43 Å². The number of pyridine rings is 1. The molecule has 1 aromatic heterocycles. The highest BCUT2D eigenvalue weighted by molar-refractivity contribution is 6.42. The lowest BCUT2D eigenvalue weighted by molar-refractivity contribution is 1.30. The summed E-state index contributed by atoms with van der Waals surface area (Å²) in [5, 5.41) is 5.08. The van der Waals surface area contributed by atoms with Gasteiger partial charge < -0.3 is 0 Å². The van der Waals surface area contributed by atoms with Crippen molar-refractivity contribution < 1.29 is 0 Å². The van der Waals surface area contributed by atoms with Crippen LogP contribution in [0.5, 0.6) is 0 Å². The molecule has 0 fully saturated rings. The Bertz CT molecular complexity index is 527. The van der Waals surface area contributed by atoms with Gasteiger partial charge in [-0.05, 0) is 24.3 Å². The quantitative estimate of drug-likeness (QED) is 0.677. The fraction of sp³-hybridized carbons (Fsp3) is 0. The van der Waals surface area contributed by atoms with Crippen molar-refractivity contribution in [3.63, 3.8) is 0 Å². The zero-order valence-electron chi connectivity index (χ0n) is 8.77. The van der Waals surface area contributed by atoms with Crippen molar-refractivity contribution >= 4 is 35.1 Å². The van der Waals surface area contributed by atoms with E-state index < -0.39 is 0 Å². The van der Waals surface area contributed by atoms with E-state index in [1.807, 2.05) is 12.1 Å². The van der Waals surface area contributed by atoms with Crippen LogP contribution in [0.1, 0.15) is 5.56 Å². The first kappa shape index (κ1) is 11.9. The average Bonchev–Trinajstić information content (AvgIpc) is 2.35. The zero-order valence-corrected chi connectivity index (χ0v) is 10.3. The number of halogens is 2. The lowest BCUT2D eigenvalue weighted by Gasteiger charge is -2.01. The van der Waals surface area contributed by atoms with Gasteiger partial charge in [0, 0.05) is 18.0 Å². The highest BCUT2D eigenvalue weighted by atomic mass is 35.5. The van der Waals surface area contributed by atoms with E-state index in [0.717, 1.165) is 11.3 Å². The Morgan fingerprint density at radius 1 is 1.18 bits per heavy atom. The molecule has 0 aliphatic heterocycles. The van der Waals surface area contributed by atoms with Gasteiger partial charge in [0.1, 0.15) is 0 Å². The molecule has 17 heavy (non-hydrogen) atoms. The van der Waals surface area contributed by atoms with E-state index in [4.69, 9.17) is 23.2 Å². The molecule has 0 radical (unpaired) electrons. The van der Waals surface area contributed by atoms with Gasteiger partial charge in [0.2, 0.25) is 0 Å². The first-order valence-electron chi connectivity index (χ1n) is 4.90.